The first-order chi connectivity index (χ1) is 8.66. The molecule has 1 aromatic heterocycles. The Kier molecular flexibility index (Phi) is 4.18. The second kappa shape index (κ2) is 5.85. The molecule has 0 radical (unpaired) electrons. The van der Waals surface area contributed by atoms with Crippen LogP contribution in [0.1, 0.15) is 17.2 Å². The van der Waals surface area contributed by atoms with Crippen LogP contribution in [0.2, 0.25) is 5.02 Å². The number of aliphatic hydroxyl groups excluding tert-OH is 1. The van der Waals surface area contributed by atoms with Gasteiger partial charge in [-0.1, -0.05) is 23.7 Å². The number of nitrogens with zero attached hydrogens (tertiary/aromatic N) is 1. The topological polar surface area (TPSA) is 45.1 Å². The monoisotopic (exact) mass is 262 g/mol. The molecule has 1 aromatic carbocycles. The largest absolute Gasteiger partial charge is 0.387 e. The van der Waals surface area contributed by atoms with Gasteiger partial charge in [-0.15, -0.1) is 0 Å². The quantitative estimate of drug-likeness (QED) is 0.890. The van der Waals surface area contributed by atoms with Crippen LogP contribution in [0.4, 0.5) is 5.69 Å². The summed E-state index contributed by atoms with van der Waals surface area (Å²) in [6.07, 6.45) is 2.76. The molecule has 2 rings (SSSR count). The highest BCUT2D eigenvalue weighted by molar-refractivity contribution is 6.30. The number of aryl methyl sites for hydroxylation is 1. The minimum absolute atomic E-state index is 0.423. The fourth-order valence-corrected chi connectivity index (χ4v) is 1.85. The Labute approximate surface area is 111 Å². The molecular weight excluding hydrogens is 248 g/mol. The maximum Gasteiger partial charge on any atom is 0.0977 e. The van der Waals surface area contributed by atoms with Crippen molar-refractivity contribution in [2.45, 2.75) is 13.0 Å². The number of anilines is 1. The van der Waals surface area contributed by atoms with Gasteiger partial charge in [-0.05, 0) is 30.7 Å². The highest BCUT2D eigenvalue weighted by atomic mass is 35.5. The Hall–Kier alpha value is -1.58. The van der Waals surface area contributed by atoms with Crippen molar-refractivity contribution in [3.05, 3.63) is 58.9 Å². The molecule has 0 saturated heterocycles. The molecule has 4 heteroatoms. The first-order valence-corrected chi connectivity index (χ1v) is 6.12. The van der Waals surface area contributed by atoms with Gasteiger partial charge >= 0.3 is 0 Å². The summed E-state index contributed by atoms with van der Waals surface area (Å²) in [5.74, 6) is 0. The van der Waals surface area contributed by atoms with Crippen molar-refractivity contribution in [3.8, 4) is 0 Å². The first-order valence-electron chi connectivity index (χ1n) is 5.75. The van der Waals surface area contributed by atoms with E-state index >= 15 is 0 Å². The van der Waals surface area contributed by atoms with Gasteiger partial charge in [-0.2, -0.15) is 0 Å². The lowest BCUT2D eigenvalue weighted by Crippen LogP contribution is -2.12. The van der Waals surface area contributed by atoms with Gasteiger partial charge in [-0.3, -0.25) is 4.98 Å². The number of hydrogen-bond donors (Lipinski definition) is 2. The second-order valence-corrected chi connectivity index (χ2v) is 4.58. The zero-order chi connectivity index (χ0) is 13.0. The number of nitrogens with one attached hydrogen (secondary N) is 1. The predicted molar refractivity (Wildman–Crippen MR) is 73.9 cm³/mol. The van der Waals surface area contributed by atoms with Gasteiger partial charge in [0.25, 0.3) is 0 Å². The molecule has 94 valence electrons. The Balaban J connectivity index is 2.01. The summed E-state index contributed by atoms with van der Waals surface area (Å²) >= 11 is 5.94. The fourth-order valence-electron chi connectivity index (χ4n) is 1.68. The van der Waals surface area contributed by atoms with Crippen LogP contribution in [0.15, 0.2) is 42.7 Å². The standard InChI is InChI=1S/C14H15ClN2O/c1-10-4-5-12(15)7-13(10)17-9-14(18)11-3-2-6-16-8-11/h2-8,14,17-18H,9H2,1H3. The Morgan fingerprint density at radius 2 is 2.22 bits per heavy atom. The van der Waals surface area contributed by atoms with Crippen LogP contribution in [-0.2, 0) is 0 Å². The third-order valence-electron chi connectivity index (χ3n) is 2.75. The summed E-state index contributed by atoms with van der Waals surface area (Å²) in [5.41, 5.74) is 2.83. The molecule has 3 nitrogen and oxygen atoms in total. The smallest absolute Gasteiger partial charge is 0.0977 e. The van der Waals surface area contributed by atoms with Gasteiger partial charge in [0.1, 0.15) is 0 Å². The summed E-state index contributed by atoms with van der Waals surface area (Å²) in [7, 11) is 0. The molecule has 0 saturated carbocycles. The van der Waals surface area contributed by atoms with Gasteiger partial charge in [-0.25, -0.2) is 0 Å². The van der Waals surface area contributed by atoms with Crippen molar-refractivity contribution < 1.29 is 5.11 Å². The molecule has 1 unspecified atom stereocenters. The average Bonchev–Trinajstić information content (AvgIpc) is 2.40. The molecule has 0 aliphatic carbocycles. The van der Waals surface area contributed by atoms with Crippen molar-refractivity contribution in [1.82, 2.24) is 4.98 Å². The van der Waals surface area contributed by atoms with Gasteiger partial charge in [0, 0.05) is 35.2 Å². The number of rotatable bonds is 4. The van der Waals surface area contributed by atoms with Crippen LogP contribution in [0, 0.1) is 6.92 Å². The number of aliphatic hydroxyl groups is 1. The van der Waals surface area contributed by atoms with Crippen LogP contribution in [0.3, 0.4) is 0 Å². The summed E-state index contributed by atoms with van der Waals surface area (Å²) in [6, 6.07) is 9.31. The van der Waals surface area contributed by atoms with E-state index in [1.165, 1.54) is 0 Å². The lowest BCUT2D eigenvalue weighted by Gasteiger charge is -2.14. The van der Waals surface area contributed by atoms with Crippen molar-refractivity contribution in [1.29, 1.82) is 0 Å². The van der Waals surface area contributed by atoms with E-state index in [-0.39, 0.29) is 0 Å². The summed E-state index contributed by atoms with van der Waals surface area (Å²) in [5, 5.41) is 13.9. The molecule has 0 bridgehead atoms. The van der Waals surface area contributed by atoms with Crippen molar-refractivity contribution in [3.63, 3.8) is 0 Å². The molecule has 1 heterocycles. The van der Waals surface area contributed by atoms with Crippen molar-refractivity contribution in [2.75, 3.05) is 11.9 Å². The fraction of sp³-hybridized carbons (Fsp3) is 0.214. The third-order valence-corrected chi connectivity index (χ3v) is 2.99. The van der Waals surface area contributed by atoms with E-state index in [1.807, 2.05) is 37.3 Å². The highest BCUT2D eigenvalue weighted by Crippen LogP contribution is 2.21. The van der Waals surface area contributed by atoms with Crippen molar-refractivity contribution >= 4 is 17.3 Å². The predicted octanol–water partition coefficient (Wildman–Crippen LogP) is 3.19. The van der Waals surface area contributed by atoms with Gasteiger partial charge in [0.15, 0.2) is 0 Å². The third kappa shape index (κ3) is 3.22. The van der Waals surface area contributed by atoms with Crippen LogP contribution in [0.5, 0.6) is 0 Å². The molecule has 0 aliphatic rings. The van der Waals surface area contributed by atoms with Crippen LogP contribution in [-0.4, -0.2) is 16.6 Å². The van der Waals surface area contributed by atoms with Crippen LogP contribution < -0.4 is 5.32 Å². The highest BCUT2D eigenvalue weighted by Gasteiger charge is 2.07. The van der Waals surface area contributed by atoms with E-state index in [0.29, 0.717) is 11.6 Å². The molecule has 1 atom stereocenters. The van der Waals surface area contributed by atoms with Gasteiger partial charge in [0.2, 0.25) is 0 Å². The van der Waals surface area contributed by atoms with E-state index in [1.54, 1.807) is 12.4 Å². The normalized spacial score (nSPS) is 12.2. The number of pyridine rings is 1. The minimum Gasteiger partial charge on any atom is -0.387 e. The van der Waals surface area contributed by atoms with Crippen LogP contribution in [0.25, 0.3) is 0 Å². The lowest BCUT2D eigenvalue weighted by atomic mass is 10.1. The molecule has 0 spiro atoms. The van der Waals surface area contributed by atoms with E-state index in [2.05, 4.69) is 10.3 Å². The summed E-state index contributed by atoms with van der Waals surface area (Å²) < 4.78 is 0. The minimum atomic E-state index is -0.586. The van der Waals surface area contributed by atoms with Gasteiger partial charge in [0.05, 0.1) is 6.10 Å². The molecule has 0 amide bonds. The van der Waals surface area contributed by atoms with Crippen molar-refractivity contribution in [2.24, 2.45) is 0 Å². The van der Waals surface area contributed by atoms with Gasteiger partial charge < -0.3 is 10.4 Å². The summed E-state index contributed by atoms with van der Waals surface area (Å²) in [4.78, 5) is 3.98. The Bertz CT molecular complexity index is 516. The van der Waals surface area contributed by atoms with E-state index < -0.39 is 6.10 Å². The Morgan fingerprint density at radius 3 is 2.94 bits per heavy atom. The zero-order valence-corrected chi connectivity index (χ0v) is 10.9. The lowest BCUT2D eigenvalue weighted by molar-refractivity contribution is 0.191. The second-order valence-electron chi connectivity index (χ2n) is 4.14. The first kappa shape index (κ1) is 12.9. The molecular formula is C14H15ClN2O. The molecule has 2 aromatic rings. The number of aromatic nitrogens is 1. The number of hydrogen-bond acceptors (Lipinski definition) is 3. The van der Waals surface area contributed by atoms with E-state index in [9.17, 15) is 5.11 Å². The zero-order valence-electron chi connectivity index (χ0n) is 10.1. The van der Waals surface area contributed by atoms with E-state index in [0.717, 1.165) is 16.8 Å². The average molecular weight is 263 g/mol. The maximum atomic E-state index is 10.0. The molecule has 0 aliphatic heterocycles. The molecule has 0 fully saturated rings. The van der Waals surface area contributed by atoms with Crippen LogP contribution >= 0.6 is 11.6 Å². The Morgan fingerprint density at radius 1 is 1.39 bits per heavy atom. The molecule has 18 heavy (non-hydrogen) atoms. The maximum absolute atomic E-state index is 10.0. The number of halogens is 1. The molecule has 2 N–H and O–H groups in total. The SMILES string of the molecule is Cc1ccc(Cl)cc1NCC(O)c1cccnc1. The number of benzene rings is 1. The van der Waals surface area contributed by atoms with E-state index in [4.69, 9.17) is 11.6 Å². The summed E-state index contributed by atoms with van der Waals surface area (Å²) in [6.45, 7) is 2.42.